The van der Waals surface area contributed by atoms with Crippen molar-refractivity contribution in [1.82, 2.24) is 9.88 Å². The van der Waals surface area contributed by atoms with E-state index in [1.807, 2.05) is 6.92 Å². The van der Waals surface area contributed by atoms with E-state index in [9.17, 15) is 4.79 Å². The van der Waals surface area contributed by atoms with Gasteiger partial charge in [-0.25, -0.2) is 0 Å². The highest BCUT2D eigenvalue weighted by Crippen LogP contribution is 2.26. The summed E-state index contributed by atoms with van der Waals surface area (Å²) in [5.41, 5.74) is 5.59. The highest BCUT2D eigenvalue weighted by atomic mass is 16.3. The van der Waals surface area contributed by atoms with Crippen LogP contribution in [-0.2, 0) is 11.2 Å². The van der Waals surface area contributed by atoms with E-state index in [1.54, 1.807) is 13.0 Å². The molecule has 0 amide bonds. The summed E-state index contributed by atoms with van der Waals surface area (Å²) in [5.74, 6) is 0.0624. The highest BCUT2D eigenvalue weighted by Gasteiger charge is 2.09. The summed E-state index contributed by atoms with van der Waals surface area (Å²) in [6, 6.07) is 16.7. The number of carbonyl (C=O) groups is 1. The molecule has 0 fully saturated rings. The van der Waals surface area contributed by atoms with E-state index < -0.39 is 0 Å². The Morgan fingerprint density at radius 1 is 1.07 bits per heavy atom. The lowest BCUT2D eigenvalue weighted by Gasteiger charge is -2.07. The van der Waals surface area contributed by atoms with Crippen LogP contribution in [0, 0.1) is 0 Å². The number of nitrogens with zero attached hydrogens (tertiary/aromatic N) is 1. The van der Waals surface area contributed by atoms with Crippen LogP contribution in [0.15, 0.2) is 60.8 Å². The first-order valence-electron chi connectivity index (χ1n) is 9.30. The van der Waals surface area contributed by atoms with Crippen molar-refractivity contribution in [2.24, 2.45) is 0 Å². The van der Waals surface area contributed by atoms with Gasteiger partial charge in [0.05, 0.1) is 12.1 Å². The first kappa shape index (κ1) is 19.1. The Kier molecular flexibility index (Phi) is 6.22. The second-order valence-electron chi connectivity index (χ2n) is 6.75. The third-order valence-corrected chi connectivity index (χ3v) is 4.67. The zero-order chi connectivity index (χ0) is 19.2. The Morgan fingerprint density at radius 3 is 2.52 bits per heavy atom. The van der Waals surface area contributed by atoms with Gasteiger partial charge in [-0.2, -0.15) is 0 Å². The number of para-hydroxylation sites is 1. The molecule has 0 saturated heterocycles. The molecule has 0 atom stereocenters. The number of rotatable bonds is 8. The summed E-state index contributed by atoms with van der Waals surface area (Å²) in [5, 5.41) is 13.4. The van der Waals surface area contributed by atoms with Crippen molar-refractivity contribution in [1.29, 1.82) is 0 Å². The van der Waals surface area contributed by atoms with E-state index in [2.05, 4.69) is 64.6 Å². The average Bonchev–Trinajstić information content (AvgIpc) is 3.04. The lowest BCUT2D eigenvalue weighted by atomic mass is 10.1. The van der Waals surface area contributed by atoms with E-state index in [0.717, 1.165) is 29.8 Å². The monoisotopic (exact) mass is 362 g/mol. The molecular weight excluding hydrogens is 336 g/mol. The number of benzene rings is 2. The molecular formula is C23H26N2O2. The predicted octanol–water partition coefficient (Wildman–Crippen LogP) is 3.75. The third-order valence-electron chi connectivity index (χ3n) is 4.67. The largest absolute Gasteiger partial charge is 0.395 e. The van der Waals surface area contributed by atoms with Crippen LogP contribution in [0.2, 0.25) is 0 Å². The van der Waals surface area contributed by atoms with Gasteiger partial charge in [-0.3, -0.25) is 4.79 Å². The molecule has 140 valence electrons. The van der Waals surface area contributed by atoms with E-state index in [1.165, 1.54) is 16.5 Å². The molecule has 0 saturated carbocycles. The summed E-state index contributed by atoms with van der Waals surface area (Å²) in [7, 11) is 0. The van der Waals surface area contributed by atoms with Crippen LogP contribution in [0.25, 0.3) is 22.2 Å². The summed E-state index contributed by atoms with van der Waals surface area (Å²) < 4.78 is 2.21. The molecule has 0 aliphatic heterocycles. The van der Waals surface area contributed by atoms with Gasteiger partial charge in [0.25, 0.3) is 0 Å². The van der Waals surface area contributed by atoms with Crippen molar-refractivity contribution in [3.05, 3.63) is 71.9 Å². The summed E-state index contributed by atoms with van der Waals surface area (Å²) in [6.07, 6.45) is 4.77. The molecule has 0 bridgehead atoms. The molecule has 1 heterocycles. The standard InChI is InChI=1S/C23H26N2O2/c1-17(15-18(2)27)19-7-9-21(10-8-19)25-16-20(11-12-24-13-14-26)22-5-3-4-6-23(22)25/h3-10,15-16,24,26H,11-14H2,1-2H3. The van der Waals surface area contributed by atoms with Crippen LogP contribution in [0.1, 0.15) is 25.0 Å². The van der Waals surface area contributed by atoms with Gasteiger partial charge < -0.3 is 15.0 Å². The molecule has 0 spiro atoms. The van der Waals surface area contributed by atoms with Gasteiger partial charge >= 0.3 is 0 Å². The maximum atomic E-state index is 11.3. The Balaban J connectivity index is 1.91. The Bertz CT molecular complexity index is 952. The summed E-state index contributed by atoms with van der Waals surface area (Å²) in [6.45, 7) is 5.14. The van der Waals surface area contributed by atoms with E-state index in [4.69, 9.17) is 5.11 Å². The molecule has 2 N–H and O–H groups in total. The second kappa shape index (κ2) is 8.80. The number of aliphatic hydroxyl groups excluding tert-OH is 1. The normalized spacial score (nSPS) is 11.9. The Labute approximate surface area is 160 Å². The first-order chi connectivity index (χ1) is 13.1. The van der Waals surface area contributed by atoms with Crippen LogP contribution in [0.5, 0.6) is 0 Å². The van der Waals surface area contributed by atoms with E-state index >= 15 is 0 Å². The molecule has 0 aliphatic rings. The van der Waals surface area contributed by atoms with Crippen molar-refractivity contribution < 1.29 is 9.90 Å². The molecule has 1 aromatic heterocycles. The molecule has 3 aromatic rings. The van der Waals surface area contributed by atoms with Crippen molar-refractivity contribution in [2.45, 2.75) is 20.3 Å². The third kappa shape index (κ3) is 4.54. The maximum Gasteiger partial charge on any atom is 0.152 e. The van der Waals surface area contributed by atoms with Gasteiger partial charge in [-0.1, -0.05) is 30.3 Å². The van der Waals surface area contributed by atoms with Gasteiger partial charge in [0.2, 0.25) is 0 Å². The molecule has 4 nitrogen and oxygen atoms in total. The number of allylic oxidation sites excluding steroid dienone is 2. The highest BCUT2D eigenvalue weighted by molar-refractivity contribution is 5.94. The second-order valence-corrected chi connectivity index (χ2v) is 6.75. The molecule has 0 unspecified atom stereocenters. The number of hydrogen-bond acceptors (Lipinski definition) is 3. The maximum absolute atomic E-state index is 11.3. The molecule has 4 heteroatoms. The van der Waals surface area contributed by atoms with Crippen LogP contribution in [0.3, 0.4) is 0 Å². The lowest BCUT2D eigenvalue weighted by molar-refractivity contribution is -0.112. The molecule has 3 rings (SSSR count). The number of aliphatic hydroxyl groups is 1. The predicted molar refractivity (Wildman–Crippen MR) is 111 cm³/mol. The molecule has 0 radical (unpaired) electrons. The van der Waals surface area contributed by atoms with E-state index in [-0.39, 0.29) is 12.4 Å². The number of carbonyl (C=O) groups excluding carboxylic acids is 1. The Hall–Kier alpha value is -2.69. The van der Waals surface area contributed by atoms with Crippen LogP contribution < -0.4 is 5.32 Å². The minimum atomic E-state index is 0.0624. The van der Waals surface area contributed by atoms with Crippen LogP contribution >= 0.6 is 0 Å². The van der Waals surface area contributed by atoms with Crippen molar-refractivity contribution in [3.63, 3.8) is 0 Å². The SMILES string of the molecule is CC(=O)C=C(C)c1ccc(-n2cc(CCNCCO)c3ccccc32)cc1. The van der Waals surface area contributed by atoms with Crippen molar-refractivity contribution in [3.8, 4) is 5.69 Å². The fraction of sp³-hybridized carbons (Fsp3) is 0.261. The van der Waals surface area contributed by atoms with Crippen molar-refractivity contribution >= 4 is 22.3 Å². The molecule has 0 aliphatic carbocycles. The van der Waals surface area contributed by atoms with E-state index in [0.29, 0.717) is 6.54 Å². The first-order valence-corrected chi connectivity index (χ1v) is 9.30. The Morgan fingerprint density at radius 2 is 1.81 bits per heavy atom. The fourth-order valence-corrected chi connectivity index (χ4v) is 3.36. The topological polar surface area (TPSA) is 54.3 Å². The number of fused-ring (bicyclic) bond motifs is 1. The number of nitrogens with one attached hydrogen (secondary N) is 1. The van der Waals surface area contributed by atoms with Gasteiger partial charge in [-0.15, -0.1) is 0 Å². The quantitative estimate of drug-likeness (QED) is 0.474. The fourth-order valence-electron chi connectivity index (χ4n) is 3.36. The van der Waals surface area contributed by atoms with Crippen LogP contribution in [0.4, 0.5) is 0 Å². The average molecular weight is 362 g/mol. The van der Waals surface area contributed by atoms with Gasteiger partial charge in [0, 0.05) is 23.8 Å². The zero-order valence-corrected chi connectivity index (χ0v) is 15.9. The molecule has 27 heavy (non-hydrogen) atoms. The van der Waals surface area contributed by atoms with Gasteiger partial charge in [0.15, 0.2) is 5.78 Å². The number of aromatic nitrogens is 1. The summed E-state index contributed by atoms with van der Waals surface area (Å²) >= 11 is 0. The summed E-state index contributed by atoms with van der Waals surface area (Å²) in [4.78, 5) is 11.3. The smallest absolute Gasteiger partial charge is 0.152 e. The molecule has 2 aromatic carbocycles. The van der Waals surface area contributed by atoms with Gasteiger partial charge in [0.1, 0.15) is 0 Å². The van der Waals surface area contributed by atoms with Crippen LogP contribution in [-0.4, -0.2) is 35.2 Å². The lowest BCUT2D eigenvalue weighted by Crippen LogP contribution is -2.20. The van der Waals surface area contributed by atoms with Gasteiger partial charge in [-0.05, 0) is 67.8 Å². The number of ketones is 1. The number of hydrogen-bond donors (Lipinski definition) is 2. The minimum absolute atomic E-state index is 0.0624. The zero-order valence-electron chi connectivity index (χ0n) is 15.9. The van der Waals surface area contributed by atoms with Crippen molar-refractivity contribution in [2.75, 3.05) is 19.7 Å². The minimum Gasteiger partial charge on any atom is -0.395 e.